The summed E-state index contributed by atoms with van der Waals surface area (Å²) in [5, 5.41) is 2.93. The minimum atomic E-state index is -0.448. The molecule has 1 aliphatic heterocycles. The molecule has 2 aliphatic rings. The molecular weight excluding hydrogens is 445 g/mol. The van der Waals surface area contributed by atoms with Crippen LogP contribution in [-0.2, 0) is 9.59 Å². The smallest absolute Gasteiger partial charge is 0.293 e. The topological polar surface area (TPSA) is 61.8 Å². The third-order valence-electron chi connectivity index (χ3n) is 5.33. The number of benzene rings is 2. The molecule has 0 bridgehead atoms. The minimum absolute atomic E-state index is 0.0111. The Kier molecular flexibility index (Phi) is 6.58. The van der Waals surface area contributed by atoms with Gasteiger partial charge in [-0.15, -0.1) is 11.6 Å². The highest BCUT2D eigenvalue weighted by Gasteiger charge is 2.29. The summed E-state index contributed by atoms with van der Waals surface area (Å²) in [7, 11) is 1.68. The fourth-order valence-corrected chi connectivity index (χ4v) is 4.04. The summed E-state index contributed by atoms with van der Waals surface area (Å²) in [4.78, 5) is 31.9. The number of carbonyl (C=O) groups excluding carboxylic acids is 2. The van der Waals surface area contributed by atoms with E-state index in [4.69, 9.17) is 23.2 Å². The second-order valence-corrected chi connectivity index (χ2v) is 8.46. The van der Waals surface area contributed by atoms with Crippen molar-refractivity contribution in [2.24, 2.45) is 4.99 Å². The van der Waals surface area contributed by atoms with Crippen LogP contribution in [0.25, 0.3) is 0 Å². The number of rotatable bonds is 3. The van der Waals surface area contributed by atoms with E-state index in [0.29, 0.717) is 11.5 Å². The molecule has 0 saturated carbocycles. The van der Waals surface area contributed by atoms with Crippen molar-refractivity contribution < 1.29 is 9.59 Å². The number of halogens is 2. The van der Waals surface area contributed by atoms with E-state index in [0.717, 1.165) is 22.4 Å². The maximum atomic E-state index is 13.1. The number of alkyl halides is 1. The molecule has 1 N–H and O–H groups in total. The van der Waals surface area contributed by atoms with Crippen LogP contribution >= 0.6 is 23.2 Å². The summed E-state index contributed by atoms with van der Waals surface area (Å²) in [6.07, 6.45) is 7.09. The van der Waals surface area contributed by atoms with Gasteiger partial charge in [0.15, 0.2) is 5.84 Å². The molecule has 0 spiro atoms. The Morgan fingerprint density at radius 1 is 1.12 bits per heavy atom. The Balaban J connectivity index is 1.63. The zero-order chi connectivity index (χ0) is 22.7. The van der Waals surface area contributed by atoms with Gasteiger partial charge in [-0.05, 0) is 29.7 Å². The van der Waals surface area contributed by atoms with Gasteiger partial charge in [0.05, 0.1) is 5.38 Å². The number of hydrogen-bond acceptors (Lipinski definition) is 3. The Labute approximate surface area is 196 Å². The van der Waals surface area contributed by atoms with E-state index in [1.165, 1.54) is 11.0 Å². The van der Waals surface area contributed by atoms with Crippen molar-refractivity contribution >= 4 is 46.5 Å². The highest BCUT2D eigenvalue weighted by Crippen LogP contribution is 2.35. The van der Waals surface area contributed by atoms with Crippen LogP contribution in [0, 0.1) is 0 Å². The standard InChI is InChI=1S/C25H21Cl2N3O2/c1-30-21-10-6-5-9-18(21)23(17-7-3-2-4-8-17)29-24(25(30)32)28-22(31)14-12-16-11-13-19(26)20(27)15-16/h2-14,20,23H,15H2,1H3,(H,28,29,31)/b14-12+/t20-,23?/m1/s1. The molecule has 1 unspecified atom stereocenters. The lowest BCUT2D eigenvalue weighted by molar-refractivity contribution is -0.117. The van der Waals surface area contributed by atoms with Gasteiger partial charge >= 0.3 is 0 Å². The number of para-hydroxylation sites is 1. The van der Waals surface area contributed by atoms with E-state index in [1.807, 2.05) is 60.7 Å². The predicted octanol–water partition coefficient (Wildman–Crippen LogP) is 4.88. The molecule has 32 heavy (non-hydrogen) atoms. The lowest BCUT2D eigenvalue weighted by atomic mass is 9.97. The molecule has 0 radical (unpaired) electrons. The number of allylic oxidation sites excluding steroid dienone is 5. The van der Waals surface area contributed by atoms with Crippen molar-refractivity contribution in [2.75, 3.05) is 11.9 Å². The summed E-state index contributed by atoms with van der Waals surface area (Å²) < 4.78 is 0. The molecule has 4 rings (SSSR count). The number of nitrogens with zero attached hydrogens (tertiary/aromatic N) is 2. The van der Waals surface area contributed by atoms with Crippen LogP contribution in [0.4, 0.5) is 5.69 Å². The molecule has 0 fully saturated rings. The molecule has 2 amide bonds. The van der Waals surface area contributed by atoms with Crippen LogP contribution in [0.3, 0.4) is 0 Å². The van der Waals surface area contributed by atoms with Gasteiger partial charge in [-0.1, -0.05) is 72.3 Å². The molecule has 2 atom stereocenters. The number of aliphatic imine (C=N–C) groups is 1. The zero-order valence-corrected chi connectivity index (χ0v) is 18.8. The number of likely N-dealkylation sites (N-methyl/N-ethyl adjacent to an activating group) is 1. The van der Waals surface area contributed by atoms with E-state index in [2.05, 4.69) is 10.3 Å². The highest BCUT2D eigenvalue weighted by atomic mass is 35.5. The first-order chi connectivity index (χ1) is 15.4. The summed E-state index contributed by atoms with van der Waals surface area (Å²) in [6, 6.07) is 16.9. The van der Waals surface area contributed by atoms with Gasteiger partial charge in [-0.2, -0.15) is 0 Å². The molecule has 5 nitrogen and oxygen atoms in total. The largest absolute Gasteiger partial charge is 0.308 e. The molecule has 1 heterocycles. The summed E-state index contributed by atoms with van der Waals surface area (Å²) in [5.74, 6) is -0.844. The fourth-order valence-electron chi connectivity index (χ4n) is 3.65. The number of hydrogen-bond donors (Lipinski definition) is 1. The number of anilines is 1. The van der Waals surface area contributed by atoms with Crippen molar-refractivity contribution in [2.45, 2.75) is 17.8 Å². The second-order valence-electron chi connectivity index (χ2n) is 7.50. The molecule has 162 valence electrons. The van der Waals surface area contributed by atoms with E-state index < -0.39 is 11.9 Å². The number of fused-ring (bicyclic) bond motifs is 1. The number of carbonyl (C=O) groups is 2. The number of amidine groups is 1. The van der Waals surface area contributed by atoms with Gasteiger partial charge in [0.2, 0.25) is 5.91 Å². The van der Waals surface area contributed by atoms with Crippen LogP contribution in [0.1, 0.15) is 23.6 Å². The zero-order valence-electron chi connectivity index (χ0n) is 17.3. The molecular formula is C25H21Cl2N3O2. The molecule has 1 aliphatic carbocycles. The molecule has 2 aromatic rings. The monoisotopic (exact) mass is 465 g/mol. The average Bonchev–Trinajstić information content (AvgIpc) is 2.91. The molecule has 0 aromatic heterocycles. The average molecular weight is 466 g/mol. The van der Waals surface area contributed by atoms with Gasteiger partial charge in [-0.3, -0.25) is 14.6 Å². The maximum Gasteiger partial charge on any atom is 0.293 e. The first-order valence-corrected chi connectivity index (χ1v) is 10.9. The summed E-state index contributed by atoms with van der Waals surface area (Å²) >= 11 is 12.2. The van der Waals surface area contributed by atoms with Gasteiger partial charge in [-0.25, -0.2) is 0 Å². The van der Waals surface area contributed by atoms with E-state index in [-0.39, 0.29) is 17.1 Å². The van der Waals surface area contributed by atoms with E-state index in [1.54, 1.807) is 19.2 Å². The Bertz CT molecular complexity index is 1170. The van der Waals surface area contributed by atoms with Crippen LogP contribution < -0.4 is 10.2 Å². The molecule has 2 aromatic carbocycles. The van der Waals surface area contributed by atoms with Crippen molar-refractivity contribution in [3.63, 3.8) is 0 Å². The fraction of sp³-hybridized carbons (Fsp3) is 0.160. The Hall–Kier alpha value is -3.15. The summed E-state index contributed by atoms with van der Waals surface area (Å²) in [6.45, 7) is 0. The first-order valence-electron chi connectivity index (χ1n) is 10.1. The van der Waals surface area contributed by atoms with Crippen molar-refractivity contribution in [1.82, 2.24) is 5.32 Å². The van der Waals surface area contributed by atoms with Crippen molar-refractivity contribution in [1.29, 1.82) is 0 Å². The van der Waals surface area contributed by atoms with E-state index in [9.17, 15) is 9.59 Å². The second kappa shape index (κ2) is 9.55. The van der Waals surface area contributed by atoms with Gasteiger partial charge < -0.3 is 10.2 Å². The Morgan fingerprint density at radius 3 is 2.59 bits per heavy atom. The maximum absolute atomic E-state index is 13.1. The highest BCUT2D eigenvalue weighted by molar-refractivity contribution is 6.45. The predicted molar refractivity (Wildman–Crippen MR) is 129 cm³/mol. The van der Waals surface area contributed by atoms with Crippen LogP contribution in [0.15, 0.2) is 94.5 Å². The van der Waals surface area contributed by atoms with Crippen LogP contribution in [0.5, 0.6) is 0 Å². The van der Waals surface area contributed by atoms with Crippen LogP contribution in [-0.4, -0.2) is 30.1 Å². The quantitative estimate of drug-likeness (QED) is 0.518. The minimum Gasteiger partial charge on any atom is -0.308 e. The molecule has 7 heteroatoms. The van der Waals surface area contributed by atoms with Crippen LogP contribution in [0.2, 0.25) is 0 Å². The van der Waals surface area contributed by atoms with Gasteiger partial charge in [0.1, 0.15) is 6.04 Å². The number of amides is 2. The SMILES string of the molecule is CN1C(=O)C(NC(=O)/C=C/C2=CC=C(Cl)[C@H](Cl)C2)=NC(c2ccccc2)c2ccccc21. The third kappa shape index (κ3) is 4.69. The lowest BCUT2D eigenvalue weighted by Gasteiger charge is -2.19. The molecule has 0 saturated heterocycles. The summed E-state index contributed by atoms with van der Waals surface area (Å²) in [5.41, 5.74) is 3.43. The Morgan fingerprint density at radius 2 is 1.84 bits per heavy atom. The number of nitrogens with one attached hydrogen (secondary N) is 1. The van der Waals surface area contributed by atoms with Crippen molar-refractivity contribution in [3.8, 4) is 0 Å². The van der Waals surface area contributed by atoms with Gasteiger partial charge in [0.25, 0.3) is 5.91 Å². The normalized spacial score (nSPS) is 20.8. The van der Waals surface area contributed by atoms with Gasteiger partial charge in [0, 0.05) is 29.4 Å². The van der Waals surface area contributed by atoms with Crippen molar-refractivity contribution in [3.05, 3.63) is 101 Å². The van der Waals surface area contributed by atoms with E-state index >= 15 is 0 Å². The third-order valence-corrected chi connectivity index (χ3v) is 6.23. The first kappa shape index (κ1) is 22.1. The lowest BCUT2D eigenvalue weighted by Crippen LogP contribution is -2.42.